The first kappa shape index (κ1) is 12.3. The highest BCUT2D eigenvalue weighted by Gasteiger charge is 2.26. The van der Waals surface area contributed by atoms with Gasteiger partial charge in [-0.2, -0.15) is 5.26 Å². The monoisotopic (exact) mass is 252 g/mol. The van der Waals surface area contributed by atoms with Crippen molar-refractivity contribution in [3.05, 3.63) is 35.0 Å². The van der Waals surface area contributed by atoms with E-state index in [0.29, 0.717) is 5.92 Å². The Bertz CT molecular complexity index is 671. The third-order valence-electron chi connectivity index (χ3n) is 4.42. The summed E-state index contributed by atoms with van der Waals surface area (Å²) in [5.74, 6) is 0.351. The normalized spacial score (nSPS) is 15.7. The maximum atomic E-state index is 9.54. The molecule has 0 spiro atoms. The van der Waals surface area contributed by atoms with Crippen LogP contribution < -0.4 is 0 Å². The lowest BCUT2D eigenvalue weighted by atomic mass is 9.87. The van der Waals surface area contributed by atoms with Crippen molar-refractivity contribution in [2.45, 2.75) is 46.1 Å². The van der Waals surface area contributed by atoms with E-state index < -0.39 is 0 Å². The Morgan fingerprint density at radius 2 is 2.11 bits per heavy atom. The van der Waals surface area contributed by atoms with E-state index in [1.54, 1.807) is 0 Å². The summed E-state index contributed by atoms with van der Waals surface area (Å²) >= 11 is 0. The fourth-order valence-corrected chi connectivity index (χ4v) is 3.48. The number of nitrogens with zero attached hydrogens (tertiary/aromatic N) is 2. The third-order valence-corrected chi connectivity index (χ3v) is 4.42. The Balaban J connectivity index is 2.36. The number of nitriles is 1. The average Bonchev–Trinajstić information content (AvgIpc) is 2.68. The zero-order chi connectivity index (χ0) is 13.6. The van der Waals surface area contributed by atoms with Gasteiger partial charge in [0.15, 0.2) is 0 Å². The maximum absolute atomic E-state index is 9.54. The summed E-state index contributed by atoms with van der Waals surface area (Å²) in [5.41, 5.74) is 5.37. The van der Waals surface area contributed by atoms with Crippen LogP contribution in [-0.4, -0.2) is 4.57 Å². The highest BCUT2D eigenvalue weighted by Crippen LogP contribution is 2.38. The first-order valence-electron chi connectivity index (χ1n) is 7.15. The first-order valence-corrected chi connectivity index (χ1v) is 7.15. The molecule has 2 heterocycles. The molecule has 98 valence electrons. The van der Waals surface area contributed by atoms with Gasteiger partial charge in [-0.05, 0) is 36.8 Å². The minimum atomic E-state index is -0.00269. The summed E-state index contributed by atoms with van der Waals surface area (Å²) in [5, 5.41) is 10.8. The fraction of sp³-hybridized carbons (Fsp3) is 0.471. The molecule has 0 aliphatic carbocycles. The van der Waals surface area contributed by atoms with Crippen LogP contribution in [0, 0.1) is 24.2 Å². The lowest BCUT2D eigenvalue weighted by molar-refractivity contribution is 0.576. The molecule has 1 unspecified atom stereocenters. The van der Waals surface area contributed by atoms with Gasteiger partial charge in [0.1, 0.15) is 0 Å². The Hall–Kier alpha value is -1.75. The predicted octanol–water partition coefficient (Wildman–Crippen LogP) is 4.16. The van der Waals surface area contributed by atoms with Crippen molar-refractivity contribution in [2.24, 2.45) is 5.92 Å². The lowest BCUT2D eigenvalue weighted by Crippen LogP contribution is -2.09. The van der Waals surface area contributed by atoms with E-state index in [4.69, 9.17) is 0 Å². The molecule has 1 aliphatic rings. The number of aromatic nitrogens is 1. The smallest absolute Gasteiger partial charge is 0.0759 e. The van der Waals surface area contributed by atoms with Crippen LogP contribution in [0.4, 0.5) is 0 Å². The van der Waals surface area contributed by atoms with E-state index in [9.17, 15) is 5.26 Å². The van der Waals surface area contributed by atoms with Crippen molar-refractivity contribution in [2.75, 3.05) is 0 Å². The van der Waals surface area contributed by atoms with Gasteiger partial charge in [-0.25, -0.2) is 0 Å². The molecule has 0 amide bonds. The highest BCUT2D eigenvalue weighted by molar-refractivity contribution is 5.89. The fourth-order valence-electron chi connectivity index (χ4n) is 3.48. The Morgan fingerprint density at radius 3 is 2.79 bits per heavy atom. The first-order chi connectivity index (χ1) is 9.15. The maximum Gasteiger partial charge on any atom is 0.0759 e. The summed E-state index contributed by atoms with van der Waals surface area (Å²) < 4.78 is 2.43. The van der Waals surface area contributed by atoms with Gasteiger partial charge in [0.2, 0.25) is 0 Å². The lowest BCUT2D eigenvalue weighted by Gasteiger charge is -2.17. The number of aryl methyl sites for hydroxylation is 2. The van der Waals surface area contributed by atoms with E-state index in [2.05, 4.69) is 49.6 Å². The van der Waals surface area contributed by atoms with Gasteiger partial charge in [0.25, 0.3) is 0 Å². The molecule has 1 aromatic heterocycles. The molecule has 0 radical (unpaired) electrons. The number of rotatable bonds is 2. The Labute approximate surface area is 114 Å². The summed E-state index contributed by atoms with van der Waals surface area (Å²) in [6.07, 6.45) is 2.37. The second kappa shape index (κ2) is 4.42. The molecule has 1 aliphatic heterocycles. The summed E-state index contributed by atoms with van der Waals surface area (Å²) in [6, 6.07) is 9.08. The second-order valence-electron chi connectivity index (χ2n) is 5.92. The van der Waals surface area contributed by atoms with E-state index in [0.717, 1.165) is 6.54 Å². The molecule has 3 rings (SSSR count). The number of para-hydroxylation sites is 1. The molecule has 1 atom stereocenters. The molecule has 0 N–H and O–H groups in total. The second-order valence-corrected chi connectivity index (χ2v) is 5.92. The van der Waals surface area contributed by atoms with Crippen molar-refractivity contribution in [1.29, 1.82) is 5.26 Å². The van der Waals surface area contributed by atoms with Gasteiger partial charge in [-0.15, -0.1) is 0 Å². The molecule has 0 saturated heterocycles. The molecular formula is C17H20N2. The van der Waals surface area contributed by atoms with Crippen molar-refractivity contribution < 1.29 is 0 Å². The van der Waals surface area contributed by atoms with Crippen molar-refractivity contribution in [3.8, 4) is 6.07 Å². The summed E-state index contributed by atoms with van der Waals surface area (Å²) in [4.78, 5) is 0. The van der Waals surface area contributed by atoms with Gasteiger partial charge in [0, 0.05) is 17.6 Å². The van der Waals surface area contributed by atoms with Crippen LogP contribution in [0.1, 0.15) is 43.0 Å². The van der Waals surface area contributed by atoms with E-state index in [-0.39, 0.29) is 5.92 Å². The van der Waals surface area contributed by atoms with Crippen LogP contribution in [-0.2, 0) is 13.0 Å². The average molecular weight is 252 g/mol. The third kappa shape index (κ3) is 1.69. The van der Waals surface area contributed by atoms with E-state index in [1.165, 1.54) is 40.6 Å². The molecule has 19 heavy (non-hydrogen) atoms. The molecule has 1 aromatic carbocycles. The molecule has 2 aromatic rings. The minimum absolute atomic E-state index is 0.00269. The van der Waals surface area contributed by atoms with Crippen LogP contribution in [0.15, 0.2) is 18.2 Å². The topological polar surface area (TPSA) is 28.7 Å². The Kier molecular flexibility index (Phi) is 2.86. The van der Waals surface area contributed by atoms with Crippen molar-refractivity contribution in [1.82, 2.24) is 4.57 Å². The minimum Gasteiger partial charge on any atom is -0.344 e. The molecule has 0 bridgehead atoms. The van der Waals surface area contributed by atoms with Gasteiger partial charge in [-0.3, -0.25) is 0 Å². The van der Waals surface area contributed by atoms with Gasteiger partial charge < -0.3 is 4.57 Å². The standard InChI is InChI=1S/C17H20N2/c1-11(2)15(10-18)16-12(3)19-9-5-7-13-6-4-8-14(16)17(13)19/h4,6,8,11,15H,5,7,9H2,1-3H3. The van der Waals surface area contributed by atoms with E-state index >= 15 is 0 Å². The number of benzene rings is 1. The van der Waals surface area contributed by atoms with Crippen LogP contribution in [0.25, 0.3) is 10.9 Å². The highest BCUT2D eigenvalue weighted by atomic mass is 15.0. The van der Waals surface area contributed by atoms with Crippen LogP contribution in [0.2, 0.25) is 0 Å². The quantitative estimate of drug-likeness (QED) is 0.789. The molecule has 2 heteroatoms. The summed E-state index contributed by atoms with van der Waals surface area (Å²) in [7, 11) is 0. The van der Waals surface area contributed by atoms with Crippen LogP contribution in [0.5, 0.6) is 0 Å². The van der Waals surface area contributed by atoms with Crippen molar-refractivity contribution in [3.63, 3.8) is 0 Å². The predicted molar refractivity (Wildman–Crippen MR) is 78.2 cm³/mol. The largest absolute Gasteiger partial charge is 0.344 e. The van der Waals surface area contributed by atoms with Crippen LogP contribution in [0.3, 0.4) is 0 Å². The molecule has 2 nitrogen and oxygen atoms in total. The number of hydrogen-bond acceptors (Lipinski definition) is 1. The zero-order valence-corrected chi connectivity index (χ0v) is 11.9. The van der Waals surface area contributed by atoms with Gasteiger partial charge >= 0.3 is 0 Å². The summed E-state index contributed by atoms with van der Waals surface area (Å²) in [6.45, 7) is 7.55. The van der Waals surface area contributed by atoms with E-state index in [1.807, 2.05) is 0 Å². The van der Waals surface area contributed by atoms with Gasteiger partial charge in [0.05, 0.1) is 17.5 Å². The SMILES string of the molecule is Cc1c(C(C#N)C(C)C)c2cccc3c2n1CCC3. The molecular weight excluding hydrogens is 232 g/mol. The molecule has 0 fully saturated rings. The van der Waals surface area contributed by atoms with Crippen molar-refractivity contribution >= 4 is 10.9 Å². The number of hydrogen-bond donors (Lipinski definition) is 0. The zero-order valence-electron chi connectivity index (χ0n) is 11.9. The van der Waals surface area contributed by atoms with Gasteiger partial charge in [-0.1, -0.05) is 32.0 Å². The van der Waals surface area contributed by atoms with Crippen LogP contribution >= 0.6 is 0 Å². The Morgan fingerprint density at radius 1 is 1.32 bits per heavy atom. The molecule has 0 saturated carbocycles.